The van der Waals surface area contributed by atoms with Crippen LogP contribution in [0, 0.1) is 0 Å². The smallest absolute Gasteiger partial charge is 0.391 e. The summed E-state index contributed by atoms with van der Waals surface area (Å²) in [7, 11) is -4.31. The van der Waals surface area contributed by atoms with E-state index in [0.717, 1.165) is 38.5 Å². The number of hydrogen-bond acceptors (Lipinski definition) is 6. The van der Waals surface area contributed by atoms with Crippen molar-refractivity contribution in [2.45, 2.75) is 264 Å². The van der Waals surface area contributed by atoms with Crippen LogP contribution in [0.3, 0.4) is 0 Å². The first kappa shape index (κ1) is 53.5. The molecule has 0 saturated carbocycles. The van der Waals surface area contributed by atoms with E-state index in [-0.39, 0.29) is 25.7 Å². The highest BCUT2D eigenvalue weighted by atomic mass is 31.2. The second kappa shape index (κ2) is 42.1. The number of nitrogens with one attached hydrogen (secondary N) is 1. The van der Waals surface area contributed by atoms with Gasteiger partial charge in [0.2, 0.25) is 5.91 Å². The fourth-order valence-corrected chi connectivity index (χ4v) is 8.13. The Kier molecular flexibility index (Phi) is 41.7. The Morgan fingerprint density at radius 1 is 0.537 bits per heavy atom. The summed E-state index contributed by atoms with van der Waals surface area (Å²) in [5.41, 5.74) is 5.39. The topological polar surface area (TPSA) is 131 Å². The number of carbonyl (C=O) groups is 1. The number of phosphoric acid groups is 1. The first-order chi connectivity index (χ1) is 26.4. The minimum Gasteiger partial charge on any atom is -0.391 e. The Balaban J connectivity index is 4.06. The summed E-state index contributed by atoms with van der Waals surface area (Å²) in [4.78, 5) is 22.8. The highest BCUT2D eigenvalue weighted by molar-refractivity contribution is 7.47. The van der Waals surface area contributed by atoms with Gasteiger partial charge in [-0.25, -0.2) is 4.57 Å². The van der Waals surface area contributed by atoms with Crippen LogP contribution < -0.4 is 11.1 Å². The lowest BCUT2D eigenvalue weighted by Crippen LogP contribution is -2.46. The van der Waals surface area contributed by atoms with Crippen LogP contribution in [0.5, 0.6) is 0 Å². The van der Waals surface area contributed by atoms with Crippen molar-refractivity contribution in [3.8, 4) is 0 Å². The lowest BCUT2D eigenvalue weighted by molar-refractivity contribution is -0.123. The Labute approximate surface area is 335 Å². The number of aliphatic hydroxyl groups is 1. The van der Waals surface area contributed by atoms with Gasteiger partial charge >= 0.3 is 7.82 Å². The summed E-state index contributed by atoms with van der Waals surface area (Å²) in [5, 5.41) is 13.8. The molecule has 1 amide bonds. The zero-order valence-electron chi connectivity index (χ0n) is 36.0. The van der Waals surface area contributed by atoms with E-state index in [4.69, 9.17) is 14.8 Å². The Bertz CT molecular complexity index is 819. The minimum absolute atomic E-state index is 0.0927. The lowest BCUT2D eigenvalue weighted by Gasteiger charge is -2.25. The largest absolute Gasteiger partial charge is 0.472 e. The second-order valence-electron chi connectivity index (χ2n) is 16.3. The maximum Gasteiger partial charge on any atom is 0.472 e. The predicted octanol–water partition coefficient (Wildman–Crippen LogP) is 13.4. The van der Waals surface area contributed by atoms with Crippen molar-refractivity contribution in [1.29, 1.82) is 0 Å². The van der Waals surface area contributed by atoms with Gasteiger partial charge < -0.3 is 21.1 Å². The number of carbonyl (C=O) groups excluding carboxylic acids is 1. The van der Waals surface area contributed by atoms with Crippen LogP contribution in [0.25, 0.3) is 0 Å². The molecule has 54 heavy (non-hydrogen) atoms. The quantitative estimate of drug-likeness (QED) is 0.0357. The van der Waals surface area contributed by atoms with Crippen molar-refractivity contribution in [3.05, 3.63) is 0 Å². The molecular weight excluding hydrogens is 695 g/mol. The molecule has 0 heterocycles. The van der Waals surface area contributed by atoms with Gasteiger partial charge in [-0.3, -0.25) is 13.8 Å². The third-order valence-corrected chi connectivity index (χ3v) is 11.9. The van der Waals surface area contributed by atoms with Crippen LogP contribution >= 0.6 is 7.82 Å². The number of nitrogens with two attached hydrogens (primary N) is 1. The van der Waals surface area contributed by atoms with Crippen LogP contribution in [0.4, 0.5) is 0 Å². The van der Waals surface area contributed by atoms with Crippen molar-refractivity contribution in [2.24, 2.45) is 5.73 Å². The highest BCUT2D eigenvalue weighted by Gasteiger charge is 2.27. The highest BCUT2D eigenvalue weighted by Crippen LogP contribution is 2.43. The first-order valence-corrected chi connectivity index (χ1v) is 25.1. The summed E-state index contributed by atoms with van der Waals surface area (Å²) < 4.78 is 22.2. The number of hydrogen-bond donors (Lipinski definition) is 4. The second-order valence-corrected chi connectivity index (χ2v) is 17.8. The maximum atomic E-state index is 12.8. The normalized spacial score (nSPS) is 13.9. The fraction of sp³-hybridized carbons (Fsp3) is 0.978. The third-order valence-electron chi connectivity index (χ3n) is 11.0. The molecule has 8 nitrogen and oxygen atoms in total. The molecule has 0 rings (SSSR count). The fourth-order valence-electron chi connectivity index (χ4n) is 7.37. The molecular formula is C45H93N2O6P. The number of phosphoric ester groups is 1. The molecule has 0 radical (unpaired) electrons. The van der Waals surface area contributed by atoms with Gasteiger partial charge in [0, 0.05) is 13.0 Å². The molecule has 0 aliphatic heterocycles. The van der Waals surface area contributed by atoms with E-state index in [0.29, 0.717) is 12.8 Å². The van der Waals surface area contributed by atoms with E-state index in [1.54, 1.807) is 0 Å². The van der Waals surface area contributed by atoms with Crippen LogP contribution in [-0.4, -0.2) is 47.8 Å². The molecule has 3 unspecified atom stereocenters. The number of amides is 1. The Hall–Kier alpha value is -0.500. The standard InChI is InChI=1S/C45H93N2O6P/c1-3-5-7-9-11-13-15-17-19-21-22-23-25-27-29-31-33-35-37-39-45(49)47-43(42-53-54(50,51)52-41-40-46)44(48)38-36-34-32-30-28-26-24-20-18-16-14-12-10-8-6-4-2/h43-44,48H,3-42,46H2,1-2H3,(H,47,49)(H,50,51). The third kappa shape index (κ3) is 39.7. The van der Waals surface area contributed by atoms with E-state index in [1.165, 1.54) is 186 Å². The van der Waals surface area contributed by atoms with Gasteiger partial charge in [-0.05, 0) is 12.8 Å². The van der Waals surface area contributed by atoms with Crippen molar-refractivity contribution >= 4 is 13.7 Å². The molecule has 0 spiro atoms. The van der Waals surface area contributed by atoms with Gasteiger partial charge in [0.15, 0.2) is 0 Å². The molecule has 3 atom stereocenters. The molecule has 0 aliphatic carbocycles. The molecule has 5 N–H and O–H groups in total. The molecule has 324 valence electrons. The molecule has 0 saturated heterocycles. The van der Waals surface area contributed by atoms with Gasteiger partial charge in [0.25, 0.3) is 0 Å². The number of rotatable bonds is 45. The van der Waals surface area contributed by atoms with Gasteiger partial charge in [0.05, 0.1) is 25.4 Å². The van der Waals surface area contributed by atoms with E-state index in [9.17, 15) is 19.4 Å². The molecule has 0 fully saturated rings. The van der Waals surface area contributed by atoms with Crippen molar-refractivity contribution in [1.82, 2.24) is 5.32 Å². The van der Waals surface area contributed by atoms with Gasteiger partial charge in [-0.1, -0.05) is 232 Å². The van der Waals surface area contributed by atoms with Crippen LogP contribution in [0.2, 0.25) is 0 Å². The minimum atomic E-state index is -4.31. The summed E-state index contributed by atoms with van der Waals surface area (Å²) in [6, 6.07) is -0.767. The van der Waals surface area contributed by atoms with Gasteiger partial charge in [-0.2, -0.15) is 0 Å². The van der Waals surface area contributed by atoms with E-state index >= 15 is 0 Å². The van der Waals surface area contributed by atoms with Crippen molar-refractivity contribution < 1.29 is 28.4 Å². The van der Waals surface area contributed by atoms with Crippen molar-refractivity contribution in [2.75, 3.05) is 19.8 Å². The summed E-state index contributed by atoms with van der Waals surface area (Å²) in [6.07, 6.45) is 45.4. The Morgan fingerprint density at radius 2 is 0.852 bits per heavy atom. The maximum absolute atomic E-state index is 12.8. The van der Waals surface area contributed by atoms with Crippen LogP contribution in [0.1, 0.15) is 251 Å². The Morgan fingerprint density at radius 3 is 1.19 bits per heavy atom. The predicted molar refractivity (Wildman–Crippen MR) is 231 cm³/mol. The van der Waals surface area contributed by atoms with E-state index in [2.05, 4.69) is 19.2 Å². The summed E-state index contributed by atoms with van der Waals surface area (Å²) >= 11 is 0. The molecule has 9 heteroatoms. The van der Waals surface area contributed by atoms with Crippen LogP contribution in [0.15, 0.2) is 0 Å². The molecule has 0 aromatic heterocycles. The number of unbranched alkanes of at least 4 members (excludes halogenated alkanes) is 33. The average molecular weight is 789 g/mol. The SMILES string of the molecule is CCCCCCCCCCCCCCCCCCCCCC(=O)NC(COP(=O)(O)OCCN)C(O)CCCCCCCCCCCCCCCCCC. The summed E-state index contributed by atoms with van der Waals surface area (Å²) in [6.45, 7) is 4.25. The average Bonchev–Trinajstić information content (AvgIpc) is 3.16. The van der Waals surface area contributed by atoms with Gasteiger partial charge in [0.1, 0.15) is 0 Å². The molecule has 0 aliphatic rings. The van der Waals surface area contributed by atoms with Crippen molar-refractivity contribution in [3.63, 3.8) is 0 Å². The first-order valence-electron chi connectivity index (χ1n) is 23.7. The zero-order chi connectivity index (χ0) is 39.6. The zero-order valence-corrected chi connectivity index (χ0v) is 36.9. The number of aliphatic hydroxyl groups excluding tert-OH is 1. The lowest BCUT2D eigenvalue weighted by atomic mass is 10.0. The van der Waals surface area contributed by atoms with E-state index in [1.807, 2.05) is 0 Å². The molecule has 0 aromatic rings. The summed E-state index contributed by atoms with van der Waals surface area (Å²) in [5.74, 6) is -0.155. The van der Waals surface area contributed by atoms with Gasteiger partial charge in [-0.15, -0.1) is 0 Å². The molecule has 0 aromatic carbocycles. The molecule has 0 bridgehead atoms. The van der Waals surface area contributed by atoms with E-state index < -0.39 is 20.0 Å². The monoisotopic (exact) mass is 789 g/mol. The van der Waals surface area contributed by atoms with Crippen LogP contribution in [-0.2, 0) is 18.4 Å².